The Kier molecular flexibility index (Phi) is 6.49. The molecule has 2 aliphatic heterocycles. The van der Waals surface area contributed by atoms with Gasteiger partial charge in [0.2, 0.25) is 11.8 Å². The van der Waals surface area contributed by atoms with Crippen LogP contribution in [0.25, 0.3) is 0 Å². The quantitative estimate of drug-likeness (QED) is 0.745. The van der Waals surface area contributed by atoms with E-state index < -0.39 is 0 Å². The number of carbonyl (C=O) groups excluding carboxylic acids is 2. The smallest absolute Gasteiger partial charge is 0.242 e. The second-order valence-electron chi connectivity index (χ2n) is 7.53. The number of piperazine rings is 1. The molecular formula is C18H32N4O2. The molecule has 6 nitrogen and oxygen atoms in total. The molecule has 2 amide bonds. The summed E-state index contributed by atoms with van der Waals surface area (Å²) < 4.78 is 0. The number of likely N-dealkylation sites (tertiary alicyclic amines) is 1. The van der Waals surface area contributed by atoms with Crippen LogP contribution >= 0.6 is 0 Å². The normalized spacial score (nSPS) is 26.0. The van der Waals surface area contributed by atoms with Crippen molar-refractivity contribution in [2.24, 2.45) is 5.92 Å². The number of nitrogens with zero attached hydrogens (tertiary/aromatic N) is 2. The molecule has 3 fully saturated rings. The topological polar surface area (TPSA) is 64.7 Å². The Balaban J connectivity index is 1.32. The SMILES string of the molecule is O=C(CCC1CCCC1)NCC(=O)N1CCC(N2CCNCC2)C1. The van der Waals surface area contributed by atoms with Crippen LogP contribution in [-0.4, -0.2) is 73.5 Å². The molecule has 0 spiro atoms. The average Bonchev–Trinajstić information content (AvgIpc) is 3.30. The zero-order valence-electron chi connectivity index (χ0n) is 14.8. The summed E-state index contributed by atoms with van der Waals surface area (Å²) in [5.41, 5.74) is 0. The third-order valence-electron chi connectivity index (χ3n) is 5.88. The van der Waals surface area contributed by atoms with Gasteiger partial charge in [0.1, 0.15) is 0 Å². The fourth-order valence-corrected chi connectivity index (χ4v) is 4.32. The van der Waals surface area contributed by atoms with Gasteiger partial charge in [-0.05, 0) is 18.8 Å². The van der Waals surface area contributed by atoms with Crippen LogP contribution in [-0.2, 0) is 9.59 Å². The molecule has 0 aromatic heterocycles. The Bertz CT molecular complexity index is 431. The average molecular weight is 336 g/mol. The second-order valence-corrected chi connectivity index (χ2v) is 7.53. The van der Waals surface area contributed by atoms with Gasteiger partial charge in [-0.2, -0.15) is 0 Å². The maximum absolute atomic E-state index is 12.3. The van der Waals surface area contributed by atoms with Crippen molar-refractivity contribution in [1.29, 1.82) is 0 Å². The van der Waals surface area contributed by atoms with Gasteiger partial charge in [-0.3, -0.25) is 14.5 Å². The first kappa shape index (κ1) is 17.7. The maximum Gasteiger partial charge on any atom is 0.242 e. The fraction of sp³-hybridized carbons (Fsp3) is 0.889. The molecule has 0 radical (unpaired) electrons. The van der Waals surface area contributed by atoms with Crippen LogP contribution in [0.15, 0.2) is 0 Å². The van der Waals surface area contributed by atoms with E-state index in [-0.39, 0.29) is 18.4 Å². The lowest BCUT2D eigenvalue weighted by Crippen LogP contribution is -2.49. The van der Waals surface area contributed by atoms with Gasteiger partial charge in [0, 0.05) is 51.7 Å². The van der Waals surface area contributed by atoms with Gasteiger partial charge in [0.05, 0.1) is 6.54 Å². The van der Waals surface area contributed by atoms with E-state index in [4.69, 9.17) is 0 Å². The van der Waals surface area contributed by atoms with E-state index in [1.807, 2.05) is 4.90 Å². The molecule has 3 aliphatic rings. The number of rotatable bonds is 6. The van der Waals surface area contributed by atoms with Crippen LogP contribution in [0.3, 0.4) is 0 Å². The highest BCUT2D eigenvalue weighted by Crippen LogP contribution is 2.28. The van der Waals surface area contributed by atoms with E-state index in [0.29, 0.717) is 12.5 Å². The highest BCUT2D eigenvalue weighted by Gasteiger charge is 2.30. The highest BCUT2D eigenvalue weighted by atomic mass is 16.2. The van der Waals surface area contributed by atoms with Crippen molar-refractivity contribution in [3.8, 4) is 0 Å². The minimum absolute atomic E-state index is 0.0353. The molecule has 0 aromatic carbocycles. The van der Waals surface area contributed by atoms with E-state index in [9.17, 15) is 9.59 Å². The highest BCUT2D eigenvalue weighted by molar-refractivity contribution is 5.84. The van der Waals surface area contributed by atoms with Gasteiger partial charge >= 0.3 is 0 Å². The molecule has 1 saturated carbocycles. The largest absolute Gasteiger partial charge is 0.347 e. The molecule has 6 heteroatoms. The molecule has 1 atom stereocenters. The summed E-state index contributed by atoms with van der Waals surface area (Å²) in [6.45, 7) is 6.04. The summed E-state index contributed by atoms with van der Waals surface area (Å²) in [7, 11) is 0. The van der Waals surface area contributed by atoms with Crippen molar-refractivity contribution in [1.82, 2.24) is 20.4 Å². The Morgan fingerprint density at radius 1 is 1.04 bits per heavy atom. The standard InChI is InChI=1S/C18H32N4O2/c23-17(6-5-15-3-1-2-4-15)20-13-18(24)22-10-7-16(14-22)21-11-8-19-9-12-21/h15-16,19H,1-14H2,(H,20,23). The van der Waals surface area contributed by atoms with E-state index in [2.05, 4.69) is 15.5 Å². The second kappa shape index (κ2) is 8.81. The molecular weight excluding hydrogens is 304 g/mol. The fourth-order valence-electron chi connectivity index (χ4n) is 4.32. The lowest BCUT2D eigenvalue weighted by atomic mass is 10.0. The van der Waals surface area contributed by atoms with Gasteiger partial charge in [0.25, 0.3) is 0 Å². The van der Waals surface area contributed by atoms with Crippen molar-refractivity contribution in [3.05, 3.63) is 0 Å². The molecule has 24 heavy (non-hydrogen) atoms. The minimum atomic E-state index is 0.0353. The molecule has 2 N–H and O–H groups in total. The summed E-state index contributed by atoms with van der Waals surface area (Å²) in [5, 5.41) is 6.19. The zero-order valence-corrected chi connectivity index (χ0v) is 14.8. The Morgan fingerprint density at radius 3 is 2.54 bits per heavy atom. The van der Waals surface area contributed by atoms with Crippen LogP contribution in [0, 0.1) is 5.92 Å². The van der Waals surface area contributed by atoms with Gasteiger partial charge in [-0.25, -0.2) is 0 Å². The maximum atomic E-state index is 12.3. The molecule has 2 saturated heterocycles. The summed E-state index contributed by atoms with van der Waals surface area (Å²) in [6, 6.07) is 0.495. The number of amides is 2. The first-order chi connectivity index (χ1) is 11.7. The van der Waals surface area contributed by atoms with Gasteiger partial charge < -0.3 is 15.5 Å². The Hall–Kier alpha value is -1.14. The third kappa shape index (κ3) is 4.93. The Labute approximate surface area is 145 Å². The molecule has 0 aromatic rings. The van der Waals surface area contributed by atoms with Crippen LogP contribution < -0.4 is 10.6 Å². The first-order valence-corrected chi connectivity index (χ1v) is 9.71. The number of carbonyl (C=O) groups is 2. The molecule has 136 valence electrons. The molecule has 1 aliphatic carbocycles. The van der Waals surface area contributed by atoms with Crippen molar-refractivity contribution in [2.75, 3.05) is 45.8 Å². The van der Waals surface area contributed by atoms with Gasteiger partial charge in [0.15, 0.2) is 0 Å². The first-order valence-electron chi connectivity index (χ1n) is 9.71. The molecule has 2 heterocycles. The number of hydrogen-bond donors (Lipinski definition) is 2. The van der Waals surface area contributed by atoms with Crippen molar-refractivity contribution in [2.45, 2.75) is 51.0 Å². The van der Waals surface area contributed by atoms with Gasteiger partial charge in [-0.1, -0.05) is 25.7 Å². The number of nitrogens with one attached hydrogen (secondary N) is 2. The van der Waals surface area contributed by atoms with E-state index in [1.165, 1.54) is 25.7 Å². The zero-order chi connectivity index (χ0) is 16.8. The summed E-state index contributed by atoms with van der Waals surface area (Å²) in [4.78, 5) is 28.7. The minimum Gasteiger partial charge on any atom is -0.347 e. The van der Waals surface area contributed by atoms with Gasteiger partial charge in [-0.15, -0.1) is 0 Å². The monoisotopic (exact) mass is 336 g/mol. The van der Waals surface area contributed by atoms with Crippen molar-refractivity contribution >= 4 is 11.8 Å². The van der Waals surface area contributed by atoms with Crippen LogP contribution in [0.5, 0.6) is 0 Å². The number of hydrogen-bond acceptors (Lipinski definition) is 4. The van der Waals surface area contributed by atoms with Crippen LogP contribution in [0.1, 0.15) is 44.9 Å². The lowest BCUT2D eigenvalue weighted by molar-refractivity contribution is -0.132. The predicted octanol–water partition coefficient (Wildman–Crippen LogP) is 0.579. The summed E-state index contributed by atoms with van der Waals surface area (Å²) >= 11 is 0. The Morgan fingerprint density at radius 2 is 1.79 bits per heavy atom. The van der Waals surface area contributed by atoms with Crippen molar-refractivity contribution < 1.29 is 9.59 Å². The molecule has 0 bridgehead atoms. The lowest BCUT2D eigenvalue weighted by Gasteiger charge is -2.32. The predicted molar refractivity (Wildman–Crippen MR) is 93.6 cm³/mol. The molecule has 3 rings (SSSR count). The van der Waals surface area contributed by atoms with E-state index >= 15 is 0 Å². The van der Waals surface area contributed by atoms with Crippen LogP contribution in [0.2, 0.25) is 0 Å². The van der Waals surface area contributed by atoms with Crippen LogP contribution in [0.4, 0.5) is 0 Å². The summed E-state index contributed by atoms with van der Waals surface area (Å²) in [6.07, 6.45) is 7.78. The van der Waals surface area contributed by atoms with E-state index in [1.54, 1.807) is 0 Å². The summed E-state index contributed by atoms with van der Waals surface area (Å²) in [5.74, 6) is 0.833. The van der Waals surface area contributed by atoms with E-state index in [0.717, 1.165) is 58.0 Å². The van der Waals surface area contributed by atoms with Crippen molar-refractivity contribution in [3.63, 3.8) is 0 Å². The molecule has 1 unspecified atom stereocenters. The third-order valence-corrected chi connectivity index (χ3v) is 5.88.